The average molecular weight is 499 g/mol. The summed E-state index contributed by atoms with van der Waals surface area (Å²) in [5.74, 6) is 2.23. The molecule has 6 rings (SSSR count). The maximum Gasteiger partial charge on any atom is 0.189 e. The van der Waals surface area contributed by atoms with Gasteiger partial charge in [0.15, 0.2) is 11.0 Å². The van der Waals surface area contributed by atoms with Crippen LogP contribution in [0.15, 0.2) is 5.16 Å². The largest absolute Gasteiger partial charge is 0.370 e. The van der Waals surface area contributed by atoms with Gasteiger partial charge >= 0.3 is 0 Å². The number of anilines is 2. The zero-order chi connectivity index (χ0) is 23.4. The van der Waals surface area contributed by atoms with Crippen LogP contribution < -0.4 is 9.80 Å². The van der Waals surface area contributed by atoms with Crippen LogP contribution in [0.5, 0.6) is 0 Å². The molecular weight excluding hydrogens is 464 g/mol. The minimum Gasteiger partial charge on any atom is -0.370 e. The standard InChI is InChI=1S/C25H34N6OS2/c1-25(2)14-16-17(15-32-25)21(30-8-6-5-7-9-30)27-23-18(16)19-20(34-23)22(28-24(26-19)33-4)31-12-10-29(3)11-13-31/h5-15H2,1-4H3. The predicted octanol–water partition coefficient (Wildman–Crippen LogP) is 4.55. The van der Waals surface area contributed by atoms with E-state index in [4.69, 9.17) is 19.7 Å². The molecule has 0 spiro atoms. The molecular formula is C25H34N6OS2. The zero-order valence-corrected chi connectivity index (χ0v) is 22.3. The second kappa shape index (κ2) is 8.76. The van der Waals surface area contributed by atoms with Crippen molar-refractivity contribution in [3.8, 4) is 0 Å². The molecule has 2 saturated heterocycles. The minimum absolute atomic E-state index is 0.190. The number of thiophene rings is 1. The molecule has 0 unspecified atom stereocenters. The molecule has 0 amide bonds. The molecule has 6 heterocycles. The Kier molecular flexibility index (Phi) is 5.87. The van der Waals surface area contributed by atoms with Crippen LogP contribution in [0, 0.1) is 0 Å². The fourth-order valence-electron chi connectivity index (χ4n) is 5.51. The Morgan fingerprint density at radius 1 is 0.882 bits per heavy atom. The van der Waals surface area contributed by atoms with E-state index in [-0.39, 0.29) is 5.60 Å². The van der Waals surface area contributed by atoms with Crippen molar-refractivity contribution < 1.29 is 4.74 Å². The Morgan fingerprint density at radius 3 is 2.35 bits per heavy atom. The molecule has 34 heavy (non-hydrogen) atoms. The third kappa shape index (κ3) is 3.94. The highest BCUT2D eigenvalue weighted by atomic mass is 32.2. The number of piperidine rings is 1. The summed E-state index contributed by atoms with van der Waals surface area (Å²) in [5, 5.41) is 2.08. The van der Waals surface area contributed by atoms with Crippen LogP contribution in [-0.2, 0) is 17.8 Å². The first-order chi connectivity index (χ1) is 16.4. The molecule has 3 aromatic heterocycles. The van der Waals surface area contributed by atoms with Crippen molar-refractivity contribution in [2.75, 3.05) is 62.4 Å². The molecule has 0 radical (unpaired) electrons. The van der Waals surface area contributed by atoms with Crippen molar-refractivity contribution in [2.24, 2.45) is 0 Å². The number of hydrogen-bond donors (Lipinski definition) is 0. The van der Waals surface area contributed by atoms with E-state index in [0.717, 1.165) is 72.8 Å². The summed E-state index contributed by atoms with van der Waals surface area (Å²) in [5.41, 5.74) is 3.56. The monoisotopic (exact) mass is 498 g/mol. The van der Waals surface area contributed by atoms with Gasteiger partial charge in [-0.1, -0.05) is 11.8 Å². The maximum absolute atomic E-state index is 6.32. The molecule has 0 N–H and O–H groups in total. The van der Waals surface area contributed by atoms with Crippen LogP contribution >= 0.6 is 23.1 Å². The second-order valence-corrected chi connectivity index (χ2v) is 12.2. The summed E-state index contributed by atoms with van der Waals surface area (Å²) >= 11 is 3.41. The summed E-state index contributed by atoms with van der Waals surface area (Å²) in [4.78, 5) is 23.9. The SMILES string of the molecule is CSc1nc(N2CCN(C)CC2)c2sc3nc(N4CCCCC4)c4c(c3c2n1)CC(C)(C)OC4. The third-order valence-corrected chi connectivity index (χ3v) is 9.09. The molecule has 9 heteroatoms. The van der Waals surface area contributed by atoms with Gasteiger partial charge in [0.05, 0.1) is 22.4 Å². The molecule has 0 saturated carbocycles. The van der Waals surface area contributed by atoms with E-state index in [9.17, 15) is 0 Å². The van der Waals surface area contributed by atoms with Crippen LogP contribution in [0.25, 0.3) is 20.4 Å². The zero-order valence-electron chi connectivity index (χ0n) is 20.7. The smallest absolute Gasteiger partial charge is 0.189 e. The van der Waals surface area contributed by atoms with E-state index in [1.807, 2.05) is 0 Å². The molecule has 3 aliphatic heterocycles. The fraction of sp³-hybridized carbons (Fsp3) is 0.640. The van der Waals surface area contributed by atoms with E-state index >= 15 is 0 Å². The minimum atomic E-state index is -0.190. The van der Waals surface area contributed by atoms with Gasteiger partial charge in [-0.25, -0.2) is 15.0 Å². The molecule has 0 bridgehead atoms. The van der Waals surface area contributed by atoms with Crippen molar-refractivity contribution in [3.05, 3.63) is 11.1 Å². The molecule has 0 atom stereocenters. The lowest BCUT2D eigenvalue weighted by atomic mass is 9.90. The Hall–Kier alpha value is -1.68. The number of likely N-dealkylation sites (N-methyl/N-ethyl adjacent to an activating group) is 1. The molecule has 182 valence electrons. The number of aromatic nitrogens is 3. The first-order valence-corrected chi connectivity index (χ1v) is 14.5. The summed E-state index contributed by atoms with van der Waals surface area (Å²) < 4.78 is 7.51. The molecule has 0 aromatic carbocycles. The average Bonchev–Trinajstić information content (AvgIpc) is 3.22. The quantitative estimate of drug-likeness (QED) is 0.385. The van der Waals surface area contributed by atoms with Gasteiger partial charge in [-0.15, -0.1) is 11.3 Å². The van der Waals surface area contributed by atoms with E-state index in [1.54, 1.807) is 23.1 Å². The van der Waals surface area contributed by atoms with Gasteiger partial charge in [-0.3, -0.25) is 0 Å². The number of ether oxygens (including phenoxy) is 1. The van der Waals surface area contributed by atoms with E-state index in [0.29, 0.717) is 6.61 Å². The normalized spacial score (nSPS) is 21.4. The van der Waals surface area contributed by atoms with E-state index in [1.165, 1.54) is 40.5 Å². The predicted molar refractivity (Wildman–Crippen MR) is 143 cm³/mol. The van der Waals surface area contributed by atoms with Crippen molar-refractivity contribution in [1.29, 1.82) is 0 Å². The lowest BCUT2D eigenvalue weighted by Crippen LogP contribution is -2.44. The van der Waals surface area contributed by atoms with Crippen molar-refractivity contribution in [3.63, 3.8) is 0 Å². The Morgan fingerprint density at radius 2 is 1.62 bits per heavy atom. The number of rotatable bonds is 3. The Balaban J connectivity index is 1.59. The molecule has 3 aliphatic rings. The van der Waals surface area contributed by atoms with Gasteiger partial charge < -0.3 is 19.4 Å². The highest BCUT2D eigenvalue weighted by Gasteiger charge is 2.34. The van der Waals surface area contributed by atoms with Gasteiger partial charge in [0, 0.05) is 56.6 Å². The van der Waals surface area contributed by atoms with Crippen LogP contribution in [0.3, 0.4) is 0 Å². The van der Waals surface area contributed by atoms with Crippen LogP contribution in [0.4, 0.5) is 11.6 Å². The number of pyridine rings is 1. The van der Waals surface area contributed by atoms with Gasteiger partial charge in [0.25, 0.3) is 0 Å². The summed E-state index contributed by atoms with van der Waals surface area (Å²) in [6.45, 7) is 11.3. The third-order valence-electron chi connectivity index (χ3n) is 7.47. The molecule has 7 nitrogen and oxygen atoms in total. The topological polar surface area (TPSA) is 57.6 Å². The number of fused-ring (bicyclic) bond motifs is 5. The Bertz CT molecular complexity index is 1230. The second-order valence-electron chi connectivity index (χ2n) is 10.4. The lowest BCUT2D eigenvalue weighted by Gasteiger charge is -2.36. The van der Waals surface area contributed by atoms with Crippen molar-refractivity contribution in [1.82, 2.24) is 19.9 Å². The molecule has 0 aliphatic carbocycles. The maximum atomic E-state index is 6.32. The van der Waals surface area contributed by atoms with Crippen molar-refractivity contribution >= 4 is 55.2 Å². The summed E-state index contributed by atoms with van der Waals surface area (Å²) in [6, 6.07) is 0. The molecule has 3 aromatic rings. The highest BCUT2D eigenvalue weighted by Crippen LogP contribution is 2.45. The van der Waals surface area contributed by atoms with E-state index < -0.39 is 0 Å². The van der Waals surface area contributed by atoms with Gasteiger partial charge in [0.2, 0.25) is 0 Å². The number of piperazine rings is 1. The van der Waals surface area contributed by atoms with Gasteiger partial charge in [-0.2, -0.15) is 0 Å². The highest BCUT2D eigenvalue weighted by molar-refractivity contribution is 7.98. The fourth-order valence-corrected chi connectivity index (χ4v) is 7.03. The number of nitrogens with zero attached hydrogens (tertiary/aromatic N) is 6. The number of hydrogen-bond acceptors (Lipinski definition) is 9. The Labute approximate surface area is 209 Å². The first-order valence-electron chi connectivity index (χ1n) is 12.5. The van der Waals surface area contributed by atoms with Crippen LogP contribution in [0.2, 0.25) is 0 Å². The van der Waals surface area contributed by atoms with Crippen LogP contribution in [-0.4, -0.2) is 78.0 Å². The number of thioether (sulfide) groups is 1. The summed E-state index contributed by atoms with van der Waals surface area (Å²) in [7, 11) is 2.20. The summed E-state index contributed by atoms with van der Waals surface area (Å²) in [6.07, 6.45) is 6.75. The lowest BCUT2D eigenvalue weighted by molar-refractivity contribution is -0.0395. The first kappa shape index (κ1) is 22.8. The molecule has 2 fully saturated rings. The van der Waals surface area contributed by atoms with Gasteiger partial charge in [-0.05, 0) is 52.0 Å². The van der Waals surface area contributed by atoms with E-state index in [2.05, 4.69) is 41.9 Å². The van der Waals surface area contributed by atoms with Crippen LogP contribution in [0.1, 0.15) is 44.2 Å². The van der Waals surface area contributed by atoms with Crippen molar-refractivity contribution in [2.45, 2.75) is 56.9 Å². The van der Waals surface area contributed by atoms with Gasteiger partial charge in [0.1, 0.15) is 10.6 Å².